The fourth-order valence-corrected chi connectivity index (χ4v) is 2.63. The summed E-state index contributed by atoms with van der Waals surface area (Å²) < 4.78 is 5.18. The quantitative estimate of drug-likeness (QED) is 0.813. The Kier molecular flexibility index (Phi) is 3.07. The van der Waals surface area contributed by atoms with Crippen molar-refractivity contribution >= 4 is 5.82 Å². The molecule has 4 rings (SSSR count). The lowest BCUT2D eigenvalue weighted by Gasteiger charge is -2.44. The van der Waals surface area contributed by atoms with E-state index in [1.165, 1.54) is 19.2 Å². The SMILES string of the molecule is CN(Cc1nnco1)C1CN(c2ccc(C3CC3)nn2)C1. The van der Waals surface area contributed by atoms with E-state index in [0.29, 0.717) is 24.4 Å². The fraction of sp³-hybridized carbons (Fsp3) is 0.571. The lowest BCUT2D eigenvalue weighted by molar-refractivity contribution is 0.180. The molecule has 1 aliphatic heterocycles. The highest BCUT2D eigenvalue weighted by Crippen LogP contribution is 2.38. The maximum Gasteiger partial charge on any atom is 0.230 e. The van der Waals surface area contributed by atoms with Crippen molar-refractivity contribution in [2.75, 3.05) is 25.0 Å². The molecule has 0 aromatic carbocycles. The van der Waals surface area contributed by atoms with Crippen LogP contribution in [-0.4, -0.2) is 51.5 Å². The van der Waals surface area contributed by atoms with Crippen molar-refractivity contribution in [2.24, 2.45) is 0 Å². The van der Waals surface area contributed by atoms with E-state index >= 15 is 0 Å². The van der Waals surface area contributed by atoms with Crippen molar-refractivity contribution in [2.45, 2.75) is 31.3 Å². The van der Waals surface area contributed by atoms with Crippen LogP contribution in [0.2, 0.25) is 0 Å². The number of hydrogen-bond acceptors (Lipinski definition) is 7. The number of likely N-dealkylation sites (N-methyl/N-ethyl adjacent to an activating group) is 1. The average Bonchev–Trinajstić information content (AvgIpc) is 3.17. The first-order chi connectivity index (χ1) is 10.3. The molecule has 1 saturated carbocycles. The van der Waals surface area contributed by atoms with E-state index in [2.05, 4.69) is 49.4 Å². The van der Waals surface area contributed by atoms with E-state index < -0.39 is 0 Å². The number of hydrogen-bond donors (Lipinski definition) is 0. The van der Waals surface area contributed by atoms with Crippen LogP contribution in [0.5, 0.6) is 0 Å². The average molecular weight is 286 g/mol. The first-order valence-corrected chi connectivity index (χ1v) is 7.33. The minimum atomic E-state index is 0.488. The van der Waals surface area contributed by atoms with Gasteiger partial charge in [-0.05, 0) is 32.0 Å². The van der Waals surface area contributed by atoms with Gasteiger partial charge in [0, 0.05) is 25.0 Å². The molecule has 0 atom stereocenters. The Hall–Kier alpha value is -2.02. The Bertz CT molecular complexity index is 588. The van der Waals surface area contributed by atoms with Crippen LogP contribution in [0.25, 0.3) is 0 Å². The van der Waals surface area contributed by atoms with Crippen LogP contribution in [0, 0.1) is 0 Å². The molecule has 2 aromatic rings. The third-order valence-electron chi connectivity index (χ3n) is 4.27. The lowest BCUT2D eigenvalue weighted by atomic mass is 10.1. The zero-order valence-electron chi connectivity index (χ0n) is 12.0. The van der Waals surface area contributed by atoms with Crippen molar-refractivity contribution in [3.63, 3.8) is 0 Å². The van der Waals surface area contributed by atoms with Gasteiger partial charge in [-0.1, -0.05) is 0 Å². The molecule has 7 heteroatoms. The van der Waals surface area contributed by atoms with E-state index in [1.807, 2.05) is 0 Å². The molecule has 3 heterocycles. The molecule has 2 aromatic heterocycles. The van der Waals surface area contributed by atoms with Gasteiger partial charge < -0.3 is 9.32 Å². The summed E-state index contributed by atoms with van der Waals surface area (Å²) in [7, 11) is 2.08. The summed E-state index contributed by atoms with van der Waals surface area (Å²) in [5.74, 6) is 2.29. The maximum absolute atomic E-state index is 5.18. The Balaban J connectivity index is 1.31. The lowest BCUT2D eigenvalue weighted by Crippen LogP contribution is -2.58. The van der Waals surface area contributed by atoms with E-state index in [4.69, 9.17) is 4.42 Å². The minimum Gasteiger partial charge on any atom is -0.427 e. The predicted octanol–water partition coefficient (Wildman–Crippen LogP) is 1.06. The van der Waals surface area contributed by atoms with E-state index in [-0.39, 0.29) is 0 Å². The summed E-state index contributed by atoms with van der Waals surface area (Å²) in [6, 6.07) is 4.70. The number of aromatic nitrogens is 4. The second kappa shape index (κ2) is 5.07. The first kappa shape index (κ1) is 12.7. The monoisotopic (exact) mass is 286 g/mol. The molecular formula is C14H18N6O. The molecule has 0 unspecified atom stereocenters. The zero-order valence-corrected chi connectivity index (χ0v) is 12.0. The number of anilines is 1. The number of nitrogens with zero attached hydrogens (tertiary/aromatic N) is 6. The van der Waals surface area contributed by atoms with Crippen LogP contribution < -0.4 is 4.90 Å². The first-order valence-electron chi connectivity index (χ1n) is 7.33. The topological polar surface area (TPSA) is 71.2 Å². The minimum absolute atomic E-state index is 0.488. The van der Waals surface area contributed by atoms with Gasteiger partial charge in [-0.3, -0.25) is 4.90 Å². The van der Waals surface area contributed by atoms with Gasteiger partial charge in [0.25, 0.3) is 0 Å². The molecule has 0 spiro atoms. The zero-order chi connectivity index (χ0) is 14.2. The number of rotatable bonds is 5. The summed E-state index contributed by atoms with van der Waals surface area (Å²) in [4.78, 5) is 4.48. The third kappa shape index (κ3) is 2.61. The van der Waals surface area contributed by atoms with Gasteiger partial charge >= 0.3 is 0 Å². The largest absolute Gasteiger partial charge is 0.427 e. The molecule has 1 saturated heterocycles. The summed E-state index contributed by atoms with van der Waals surface area (Å²) in [6.45, 7) is 2.61. The van der Waals surface area contributed by atoms with Gasteiger partial charge in [0.2, 0.25) is 12.3 Å². The van der Waals surface area contributed by atoms with E-state index in [9.17, 15) is 0 Å². The van der Waals surface area contributed by atoms with Gasteiger partial charge in [0.15, 0.2) is 5.82 Å². The maximum atomic E-state index is 5.18. The highest BCUT2D eigenvalue weighted by atomic mass is 16.4. The molecule has 0 N–H and O–H groups in total. The molecule has 7 nitrogen and oxygen atoms in total. The summed E-state index contributed by atoms with van der Waals surface area (Å²) >= 11 is 0. The summed E-state index contributed by atoms with van der Waals surface area (Å²) in [6.07, 6.45) is 3.90. The van der Waals surface area contributed by atoms with Gasteiger partial charge in [0.05, 0.1) is 12.2 Å². The standard InChI is InChI=1S/C14H18N6O/c1-19(8-14-18-15-9-21-14)11-6-20(7-11)13-5-4-12(16-17-13)10-2-3-10/h4-5,9-11H,2-3,6-8H2,1H3. The normalized spacial score (nSPS) is 19.0. The van der Waals surface area contributed by atoms with Crippen molar-refractivity contribution in [3.05, 3.63) is 30.1 Å². The molecule has 2 aliphatic rings. The van der Waals surface area contributed by atoms with Crippen LogP contribution in [0.3, 0.4) is 0 Å². The van der Waals surface area contributed by atoms with E-state index in [0.717, 1.165) is 24.6 Å². The Labute approximate surface area is 123 Å². The third-order valence-corrected chi connectivity index (χ3v) is 4.27. The van der Waals surface area contributed by atoms with Crippen LogP contribution >= 0.6 is 0 Å². The van der Waals surface area contributed by atoms with Crippen LogP contribution in [0.4, 0.5) is 5.82 Å². The van der Waals surface area contributed by atoms with Crippen molar-refractivity contribution in [1.29, 1.82) is 0 Å². The Morgan fingerprint density at radius 2 is 2.10 bits per heavy atom. The van der Waals surface area contributed by atoms with Crippen molar-refractivity contribution in [3.8, 4) is 0 Å². The highest BCUT2D eigenvalue weighted by molar-refractivity contribution is 5.42. The van der Waals surface area contributed by atoms with Gasteiger partial charge in [0.1, 0.15) is 0 Å². The van der Waals surface area contributed by atoms with Gasteiger partial charge in [-0.2, -0.15) is 5.10 Å². The second-order valence-electron chi connectivity index (χ2n) is 5.90. The molecule has 0 radical (unpaired) electrons. The highest BCUT2D eigenvalue weighted by Gasteiger charge is 2.32. The molecule has 110 valence electrons. The predicted molar refractivity (Wildman–Crippen MR) is 75.8 cm³/mol. The van der Waals surface area contributed by atoms with Gasteiger partial charge in [-0.25, -0.2) is 0 Å². The van der Waals surface area contributed by atoms with Crippen LogP contribution in [-0.2, 0) is 6.54 Å². The smallest absolute Gasteiger partial charge is 0.230 e. The molecule has 0 bridgehead atoms. The molecular weight excluding hydrogens is 268 g/mol. The Morgan fingerprint density at radius 1 is 1.24 bits per heavy atom. The fourth-order valence-electron chi connectivity index (χ4n) is 2.63. The summed E-state index contributed by atoms with van der Waals surface area (Å²) in [5.41, 5.74) is 1.14. The van der Waals surface area contributed by atoms with E-state index in [1.54, 1.807) is 0 Å². The van der Waals surface area contributed by atoms with Gasteiger partial charge in [-0.15, -0.1) is 15.3 Å². The van der Waals surface area contributed by atoms with Crippen LogP contribution in [0.15, 0.2) is 22.9 Å². The summed E-state index contributed by atoms with van der Waals surface area (Å²) in [5, 5.41) is 16.3. The Morgan fingerprint density at radius 3 is 2.71 bits per heavy atom. The second-order valence-corrected chi connectivity index (χ2v) is 5.90. The molecule has 21 heavy (non-hydrogen) atoms. The molecule has 2 fully saturated rings. The molecule has 1 aliphatic carbocycles. The van der Waals surface area contributed by atoms with Crippen molar-refractivity contribution in [1.82, 2.24) is 25.3 Å². The molecule has 0 amide bonds. The van der Waals surface area contributed by atoms with Crippen LogP contribution in [0.1, 0.15) is 30.3 Å². The van der Waals surface area contributed by atoms with Crippen molar-refractivity contribution < 1.29 is 4.42 Å².